The number of H-pyrrole nitrogens is 1. The van der Waals surface area contributed by atoms with Gasteiger partial charge in [-0.25, -0.2) is 14.7 Å². The summed E-state index contributed by atoms with van der Waals surface area (Å²) < 4.78 is 1.34. The smallest absolute Gasteiger partial charge is 0.343 e. The molecule has 0 spiro atoms. The molecule has 8 heteroatoms. The molecule has 4 N–H and O–H groups in total. The molecule has 0 unspecified atom stereocenters. The van der Waals surface area contributed by atoms with Crippen molar-refractivity contribution in [1.29, 1.82) is 0 Å². The molecule has 0 fully saturated rings. The molecule has 2 aromatic rings. The highest BCUT2D eigenvalue weighted by Crippen LogP contribution is 2.30. The van der Waals surface area contributed by atoms with Crippen LogP contribution < -0.4 is 11.4 Å². The van der Waals surface area contributed by atoms with Gasteiger partial charge in [0.2, 0.25) is 0 Å². The molecular weight excluding hydrogens is 268 g/mol. The number of hydrogen-bond acceptors (Lipinski definition) is 5. The summed E-state index contributed by atoms with van der Waals surface area (Å²) in [5.41, 5.74) is 6.34. The van der Waals surface area contributed by atoms with E-state index in [1.807, 2.05) is 0 Å². The van der Waals surface area contributed by atoms with Crippen LogP contribution in [0.2, 0.25) is 0 Å². The van der Waals surface area contributed by atoms with Crippen molar-refractivity contribution in [3.8, 4) is 0 Å². The molecule has 0 saturated heterocycles. The average Bonchev–Trinajstić information content (AvgIpc) is 2.65. The molecule has 1 aromatic carbocycles. The lowest BCUT2D eigenvalue weighted by Crippen LogP contribution is -2.12. The van der Waals surface area contributed by atoms with Crippen molar-refractivity contribution in [1.82, 2.24) is 14.8 Å². The number of nitrogen functional groups attached to an aromatic ring is 1. The fourth-order valence-corrected chi connectivity index (χ4v) is 2.46. The molecule has 1 heterocycles. The zero-order valence-corrected chi connectivity index (χ0v) is 11.1. The molecule has 0 bridgehead atoms. The maximum Gasteiger partial charge on any atom is 0.343 e. The summed E-state index contributed by atoms with van der Waals surface area (Å²) >= 11 is 1.19. The first-order valence-electron chi connectivity index (χ1n) is 5.33. The van der Waals surface area contributed by atoms with Gasteiger partial charge in [0.1, 0.15) is 0 Å². The van der Waals surface area contributed by atoms with Crippen molar-refractivity contribution in [3.05, 3.63) is 33.7 Å². The number of aromatic carboxylic acids is 1. The fraction of sp³-hybridized carbons (Fsp3) is 0.182. The summed E-state index contributed by atoms with van der Waals surface area (Å²) in [4.78, 5) is 23.0. The molecule has 0 aliphatic carbocycles. The third-order valence-electron chi connectivity index (χ3n) is 2.64. The van der Waals surface area contributed by atoms with Gasteiger partial charge in [-0.1, -0.05) is 0 Å². The Labute approximate surface area is 112 Å². The molecule has 100 valence electrons. The van der Waals surface area contributed by atoms with Crippen molar-refractivity contribution in [2.24, 2.45) is 7.05 Å². The van der Waals surface area contributed by atoms with Crippen LogP contribution in [-0.4, -0.2) is 25.8 Å². The van der Waals surface area contributed by atoms with E-state index < -0.39 is 5.97 Å². The molecule has 0 atom stereocenters. The number of rotatable bonds is 3. The van der Waals surface area contributed by atoms with Gasteiger partial charge < -0.3 is 10.8 Å². The van der Waals surface area contributed by atoms with E-state index in [9.17, 15) is 9.59 Å². The van der Waals surface area contributed by atoms with Gasteiger partial charge in [0, 0.05) is 17.6 Å². The van der Waals surface area contributed by atoms with Crippen LogP contribution in [0.15, 0.2) is 27.0 Å². The molecule has 0 aliphatic rings. The fourth-order valence-electron chi connectivity index (χ4n) is 1.53. The van der Waals surface area contributed by atoms with E-state index in [0.717, 1.165) is 0 Å². The van der Waals surface area contributed by atoms with Crippen LogP contribution in [-0.2, 0) is 7.05 Å². The van der Waals surface area contributed by atoms with Gasteiger partial charge in [0.05, 0.1) is 5.56 Å². The van der Waals surface area contributed by atoms with E-state index in [1.54, 1.807) is 20.0 Å². The molecular formula is C11H12N4O3S. The first-order valence-corrected chi connectivity index (χ1v) is 6.14. The number of hydrogen-bond donors (Lipinski definition) is 3. The molecule has 0 amide bonds. The Kier molecular flexibility index (Phi) is 3.34. The normalized spacial score (nSPS) is 10.6. The van der Waals surface area contributed by atoms with Gasteiger partial charge in [0.25, 0.3) is 0 Å². The summed E-state index contributed by atoms with van der Waals surface area (Å²) in [7, 11) is 1.58. The number of benzene rings is 1. The van der Waals surface area contributed by atoms with Crippen LogP contribution in [0.5, 0.6) is 0 Å². The maximum absolute atomic E-state index is 11.2. The molecule has 0 radical (unpaired) electrons. The number of aromatic amines is 1. The minimum Gasteiger partial charge on any atom is -0.478 e. The van der Waals surface area contributed by atoms with Gasteiger partial charge in [-0.05, 0) is 36.4 Å². The summed E-state index contributed by atoms with van der Waals surface area (Å²) in [6.45, 7) is 1.73. The highest BCUT2D eigenvalue weighted by atomic mass is 32.2. The van der Waals surface area contributed by atoms with Crippen LogP contribution in [0.25, 0.3) is 0 Å². The zero-order valence-electron chi connectivity index (χ0n) is 10.3. The number of aromatic nitrogens is 3. The Hall–Kier alpha value is -2.22. The van der Waals surface area contributed by atoms with Crippen LogP contribution in [0.1, 0.15) is 15.9 Å². The monoisotopic (exact) mass is 280 g/mol. The third-order valence-corrected chi connectivity index (χ3v) is 3.66. The second kappa shape index (κ2) is 4.81. The highest BCUT2D eigenvalue weighted by Gasteiger charge is 2.14. The lowest BCUT2D eigenvalue weighted by molar-refractivity contribution is 0.0697. The number of carboxylic acid groups (broad SMARTS) is 1. The number of aryl methyl sites for hydroxylation is 1. The van der Waals surface area contributed by atoms with Crippen molar-refractivity contribution >= 4 is 23.4 Å². The van der Waals surface area contributed by atoms with Crippen LogP contribution in [0.3, 0.4) is 0 Å². The maximum atomic E-state index is 11.2. The first-order chi connectivity index (χ1) is 8.90. The van der Waals surface area contributed by atoms with E-state index >= 15 is 0 Å². The van der Waals surface area contributed by atoms with E-state index in [4.69, 9.17) is 10.8 Å². The molecule has 7 nitrogen and oxygen atoms in total. The molecule has 19 heavy (non-hydrogen) atoms. The predicted octanol–water partition coefficient (Wildman–Crippen LogP) is 0.848. The van der Waals surface area contributed by atoms with Gasteiger partial charge >= 0.3 is 11.7 Å². The van der Waals surface area contributed by atoms with E-state index in [2.05, 4.69) is 10.2 Å². The first kappa shape index (κ1) is 13.2. The van der Waals surface area contributed by atoms with E-state index in [0.29, 0.717) is 15.6 Å². The second-order valence-corrected chi connectivity index (χ2v) is 5.02. The summed E-state index contributed by atoms with van der Waals surface area (Å²) in [5, 5.41) is 15.7. The average molecular weight is 280 g/mol. The van der Waals surface area contributed by atoms with Crippen molar-refractivity contribution in [2.75, 3.05) is 5.73 Å². The van der Waals surface area contributed by atoms with E-state index in [-0.39, 0.29) is 16.9 Å². The lowest BCUT2D eigenvalue weighted by Gasteiger charge is -2.08. The minimum atomic E-state index is -1.08. The molecule has 1 aromatic heterocycles. The quantitative estimate of drug-likeness (QED) is 0.718. The van der Waals surface area contributed by atoms with Gasteiger partial charge in [-0.3, -0.25) is 4.57 Å². The Balaban J connectivity index is 2.44. The number of carbonyl (C=O) groups is 1. The minimum absolute atomic E-state index is 0.0445. The summed E-state index contributed by atoms with van der Waals surface area (Å²) in [5.74, 6) is -1.08. The lowest BCUT2D eigenvalue weighted by atomic mass is 10.1. The van der Waals surface area contributed by atoms with Gasteiger partial charge in [0.15, 0.2) is 5.16 Å². The number of anilines is 1. The number of nitrogens with two attached hydrogens (primary N) is 1. The Bertz CT molecular complexity index is 704. The third kappa shape index (κ3) is 2.48. The SMILES string of the molecule is Cc1cc(Sc2n[nH]c(=O)n2C)cc(C(=O)O)c1N. The Morgan fingerprint density at radius 3 is 2.74 bits per heavy atom. The standard InChI is InChI=1S/C11H12N4O3S/c1-5-3-6(4-7(8(5)12)9(16)17)19-11-14-13-10(18)15(11)2/h3-4H,12H2,1-2H3,(H,13,18)(H,16,17). The molecule has 0 aliphatic heterocycles. The Morgan fingerprint density at radius 1 is 1.53 bits per heavy atom. The largest absolute Gasteiger partial charge is 0.478 e. The molecule has 2 rings (SSSR count). The summed E-state index contributed by atoms with van der Waals surface area (Å²) in [6, 6.07) is 3.22. The second-order valence-electron chi connectivity index (χ2n) is 3.98. The van der Waals surface area contributed by atoms with Crippen molar-refractivity contribution in [2.45, 2.75) is 17.0 Å². The van der Waals surface area contributed by atoms with Crippen molar-refractivity contribution < 1.29 is 9.90 Å². The topological polar surface area (TPSA) is 114 Å². The van der Waals surface area contributed by atoms with Crippen LogP contribution in [0, 0.1) is 6.92 Å². The molecule has 0 saturated carbocycles. The predicted molar refractivity (Wildman–Crippen MR) is 70.5 cm³/mol. The van der Waals surface area contributed by atoms with Gasteiger partial charge in [-0.2, -0.15) is 0 Å². The number of nitrogens with one attached hydrogen (secondary N) is 1. The van der Waals surface area contributed by atoms with Crippen molar-refractivity contribution in [3.63, 3.8) is 0 Å². The van der Waals surface area contributed by atoms with E-state index in [1.165, 1.54) is 22.4 Å². The zero-order chi connectivity index (χ0) is 14.2. The van der Waals surface area contributed by atoms with Gasteiger partial charge in [-0.15, -0.1) is 5.10 Å². The number of carboxylic acids is 1. The summed E-state index contributed by atoms with van der Waals surface area (Å²) in [6.07, 6.45) is 0. The van der Waals surface area contributed by atoms with Crippen LogP contribution in [0.4, 0.5) is 5.69 Å². The number of nitrogens with zero attached hydrogens (tertiary/aromatic N) is 2. The Morgan fingerprint density at radius 2 is 2.21 bits per heavy atom. The highest BCUT2D eigenvalue weighted by molar-refractivity contribution is 7.99. The van der Waals surface area contributed by atoms with Crippen LogP contribution >= 0.6 is 11.8 Å².